The largest absolute Gasteiger partial charge is 0.459 e. The molecule has 0 spiro atoms. The Bertz CT molecular complexity index is 719. The fourth-order valence-corrected chi connectivity index (χ4v) is 4.11. The molecule has 0 bridgehead atoms. The summed E-state index contributed by atoms with van der Waals surface area (Å²) in [5.41, 5.74) is 2.39. The third-order valence-corrected chi connectivity index (χ3v) is 5.36. The van der Waals surface area contributed by atoms with E-state index in [4.69, 9.17) is 9.47 Å². The third kappa shape index (κ3) is 3.97. The number of esters is 1. The first kappa shape index (κ1) is 17.3. The molecular formula is C22H25NO3. The average Bonchev–Trinajstić information content (AvgIpc) is 3.07. The lowest BCUT2D eigenvalue weighted by molar-refractivity contribution is -0.168. The van der Waals surface area contributed by atoms with Crippen molar-refractivity contribution in [2.45, 2.75) is 38.1 Å². The molecule has 2 aliphatic rings. The van der Waals surface area contributed by atoms with Crippen molar-refractivity contribution in [2.24, 2.45) is 5.92 Å². The van der Waals surface area contributed by atoms with Crippen LogP contribution in [0.3, 0.4) is 0 Å². The number of carbonyl (C=O) groups excluding carboxylic acids is 1. The van der Waals surface area contributed by atoms with Gasteiger partial charge in [0.2, 0.25) is 0 Å². The number of likely N-dealkylation sites (tertiary alicyclic amines) is 1. The number of hydrogen-bond acceptors (Lipinski definition) is 4. The molecule has 0 N–H and O–H groups in total. The van der Waals surface area contributed by atoms with Gasteiger partial charge in [0.15, 0.2) is 0 Å². The van der Waals surface area contributed by atoms with E-state index in [-0.39, 0.29) is 18.1 Å². The molecule has 2 aromatic rings. The highest BCUT2D eigenvalue weighted by Crippen LogP contribution is 2.35. The summed E-state index contributed by atoms with van der Waals surface area (Å²) in [5.74, 6) is 0.299. The van der Waals surface area contributed by atoms with E-state index < -0.39 is 0 Å². The predicted molar refractivity (Wildman–Crippen MR) is 99.3 cm³/mol. The van der Waals surface area contributed by atoms with Gasteiger partial charge in [0, 0.05) is 6.54 Å². The topological polar surface area (TPSA) is 38.8 Å². The summed E-state index contributed by atoms with van der Waals surface area (Å²) in [5, 5.41) is 0. The van der Waals surface area contributed by atoms with Crippen LogP contribution < -0.4 is 0 Å². The van der Waals surface area contributed by atoms with Crippen molar-refractivity contribution in [1.82, 2.24) is 4.90 Å². The van der Waals surface area contributed by atoms with Crippen LogP contribution >= 0.6 is 0 Å². The lowest BCUT2D eigenvalue weighted by atomic mass is 9.91. The van der Waals surface area contributed by atoms with Gasteiger partial charge < -0.3 is 9.47 Å². The first-order valence-corrected chi connectivity index (χ1v) is 9.40. The van der Waals surface area contributed by atoms with Crippen LogP contribution in [0.4, 0.5) is 0 Å². The molecule has 2 fully saturated rings. The van der Waals surface area contributed by atoms with Crippen molar-refractivity contribution in [2.75, 3.05) is 13.2 Å². The van der Waals surface area contributed by atoms with Gasteiger partial charge in [-0.3, -0.25) is 9.69 Å². The number of cyclic esters (lactones) is 1. The highest BCUT2D eigenvalue weighted by atomic mass is 16.6. The van der Waals surface area contributed by atoms with Gasteiger partial charge in [0.1, 0.15) is 12.1 Å². The number of nitrogens with zero attached hydrogens (tertiary/aromatic N) is 1. The lowest BCUT2D eigenvalue weighted by Crippen LogP contribution is -2.47. The van der Waals surface area contributed by atoms with Gasteiger partial charge in [0.25, 0.3) is 0 Å². The van der Waals surface area contributed by atoms with Gasteiger partial charge >= 0.3 is 5.97 Å². The number of ether oxygens (including phenoxy) is 2. The SMILES string of the molecule is O=C1O[C@@H](COCc2ccccc2)C[C@H]2CCN(Cc3ccccc3)[C@@H]12. The summed E-state index contributed by atoms with van der Waals surface area (Å²) in [6.45, 7) is 2.80. The summed E-state index contributed by atoms with van der Waals surface area (Å²) in [4.78, 5) is 14.9. The van der Waals surface area contributed by atoms with E-state index in [1.165, 1.54) is 5.56 Å². The Hall–Kier alpha value is -2.17. The molecule has 2 aliphatic heterocycles. The smallest absolute Gasteiger partial charge is 0.324 e. The minimum absolute atomic E-state index is 0.0806. The van der Waals surface area contributed by atoms with Gasteiger partial charge in [0.05, 0.1) is 13.2 Å². The summed E-state index contributed by atoms with van der Waals surface area (Å²) in [6.07, 6.45) is 1.84. The average molecular weight is 351 g/mol. The Morgan fingerprint density at radius 2 is 1.69 bits per heavy atom. The fourth-order valence-electron chi connectivity index (χ4n) is 4.11. The van der Waals surface area contributed by atoms with Crippen LogP contribution in [0.1, 0.15) is 24.0 Å². The zero-order valence-corrected chi connectivity index (χ0v) is 14.9. The van der Waals surface area contributed by atoms with Crippen molar-refractivity contribution in [3.8, 4) is 0 Å². The van der Waals surface area contributed by atoms with Crippen molar-refractivity contribution < 1.29 is 14.3 Å². The van der Waals surface area contributed by atoms with E-state index in [0.717, 1.165) is 31.5 Å². The Morgan fingerprint density at radius 3 is 2.42 bits per heavy atom. The molecule has 2 saturated heterocycles. The molecule has 0 radical (unpaired) electrons. The molecular weight excluding hydrogens is 326 g/mol. The van der Waals surface area contributed by atoms with Gasteiger partial charge in [-0.15, -0.1) is 0 Å². The number of rotatable bonds is 6. The second-order valence-electron chi connectivity index (χ2n) is 7.24. The Labute approximate surface area is 154 Å². The van der Waals surface area contributed by atoms with E-state index >= 15 is 0 Å². The number of benzene rings is 2. The number of fused-ring (bicyclic) bond motifs is 1. The van der Waals surface area contributed by atoms with Crippen molar-refractivity contribution >= 4 is 5.97 Å². The third-order valence-electron chi connectivity index (χ3n) is 5.36. The first-order valence-electron chi connectivity index (χ1n) is 9.40. The van der Waals surface area contributed by atoms with Crippen LogP contribution in [0.15, 0.2) is 60.7 Å². The van der Waals surface area contributed by atoms with Gasteiger partial charge in [-0.05, 0) is 36.4 Å². The molecule has 136 valence electrons. The van der Waals surface area contributed by atoms with Crippen molar-refractivity contribution in [1.29, 1.82) is 0 Å². The zero-order chi connectivity index (χ0) is 17.8. The molecule has 3 atom stereocenters. The summed E-state index contributed by atoms with van der Waals surface area (Å²) in [7, 11) is 0. The van der Waals surface area contributed by atoms with E-state index in [1.54, 1.807) is 0 Å². The van der Waals surface area contributed by atoms with Gasteiger partial charge in [-0.1, -0.05) is 60.7 Å². The predicted octanol–water partition coefficient (Wildman–Crippen LogP) is 3.41. The van der Waals surface area contributed by atoms with Crippen molar-refractivity contribution in [3.05, 3.63) is 71.8 Å². The van der Waals surface area contributed by atoms with E-state index in [1.807, 2.05) is 48.5 Å². The summed E-state index contributed by atoms with van der Waals surface area (Å²) in [6, 6.07) is 20.3. The number of carbonyl (C=O) groups is 1. The second-order valence-corrected chi connectivity index (χ2v) is 7.24. The molecule has 0 unspecified atom stereocenters. The maximum atomic E-state index is 12.6. The standard InChI is InChI=1S/C22H25NO3/c24-22-21-19(11-12-23(21)14-17-7-3-1-4-8-17)13-20(26-22)16-25-15-18-9-5-2-6-10-18/h1-10,19-21H,11-16H2/t19-,20-,21-/m1/s1. The normalized spacial score (nSPS) is 25.7. The van der Waals surface area contributed by atoms with Crippen molar-refractivity contribution in [3.63, 3.8) is 0 Å². The van der Waals surface area contributed by atoms with E-state index in [2.05, 4.69) is 17.0 Å². The fraction of sp³-hybridized carbons (Fsp3) is 0.409. The second kappa shape index (κ2) is 8.02. The molecule has 4 rings (SSSR count). The lowest BCUT2D eigenvalue weighted by Gasteiger charge is -2.34. The Morgan fingerprint density at radius 1 is 1.00 bits per heavy atom. The molecule has 0 aliphatic carbocycles. The molecule has 4 nitrogen and oxygen atoms in total. The van der Waals surface area contributed by atoms with Crippen LogP contribution in [0, 0.1) is 5.92 Å². The molecule has 2 heterocycles. The quantitative estimate of drug-likeness (QED) is 0.748. The summed E-state index contributed by atoms with van der Waals surface area (Å²) < 4.78 is 11.5. The minimum Gasteiger partial charge on any atom is -0.459 e. The minimum atomic E-state index is -0.121. The molecule has 26 heavy (non-hydrogen) atoms. The highest BCUT2D eigenvalue weighted by Gasteiger charge is 2.45. The zero-order valence-electron chi connectivity index (χ0n) is 14.9. The maximum absolute atomic E-state index is 12.6. The molecule has 2 aromatic carbocycles. The summed E-state index contributed by atoms with van der Waals surface area (Å²) >= 11 is 0. The van der Waals surface area contributed by atoms with Crippen LogP contribution in [-0.2, 0) is 27.4 Å². The van der Waals surface area contributed by atoms with Crippen LogP contribution in [0.5, 0.6) is 0 Å². The maximum Gasteiger partial charge on any atom is 0.324 e. The van der Waals surface area contributed by atoms with E-state index in [0.29, 0.717) is 19.1 Å². The van der Waals surface area contributed by atoms with Gasteiger partial charge in [-0.2, -0.15) is 0 Å². The monoisotopic (exact) mass is 351 g/mol. The van der Waals surface area contributed by atoms with Gasteiger partial charge in [-0.25, -0.2) is 0 Å². The number of hydrogen-bond donors (Lipinski definition) is 0. The Balaban J connectivity index is 1.30. The molecule has 0 amide bonds. The van der Waals surface area contributed by atoms with Crippen LogP contribution in [-0.4, -0.2) is 36.2 Å². The molecule has 4 heteroatoms. The Kier molecular flexibility index (Phi) is 5.32. The molecule has 0 aromatic heterocycles. The highest BCUT2D eigenvalue weighted by molar-refractivity contribution is 5.77. The van der Waals surface area contributed by atoms with Crippen LogP contribution in [0.25, 0.3) is 0 Å². The van der Waals surface area contributed by atoms with E-state index in [9.17, 15) is 4.79 Å². The van der Waals surface area contributed by atoms with Crippen LogP contribution in [0.2, 0.25) is 0 Å². The first-order chi connectivity index (χ1) is 12.8. The molecule has 0 saturated carbocycles.